The van der Waals surface area contributed by atoms with Gasteiger partial charge in [-0.2, -0.15) is 5.06 Å². The van der Waals surface area contributed by atoms with E-state index in [1.54, 1.807) is 15.9 Å². The van der Waals surface area contributed by atoms with Crippen LogP contribution >= 0.6 is 0 Å². The number of nitrogens with one attached hydrogen (secondary N) is 1. The Balaban J connectivity index is 1.98. The monoisotopic (exact) mass is 438 g/mol. The molecule has 1 saturated heterocycles. The van der Waals surface area contributed by atoms with E-state index in [1.807, 2.05) is 70.2 Å². The highest BCUT2D eigenvalue weighted by Gasteiger charge is 2.56. The summed E-state index contributed by atoms with van der Waals surface area (Å²) in [6, 6.07) is 14.0. The number of para-hydroxylation sites is 2. The molecule has 32 heavy (non-hydrogen) atoms. The maximum Gasteiger partial charge on any atom is 0.347 e. The van der Waals surface area contributed by atoms with Crippen LogP contribution in [0.1, 0.15) is 51.2 Å². The number of amides is 4. The lowest BCUT2D eigenvalue weighted by Gasteiger charge is -2.38. The van der Waals surface area contributed by atoms with E-state index >= 15 is 0 Å². The minimum absolute atomic E-state index is 0.215. The molecule has 7 nitrogen and oxygen atoms in total. The molecule has 1 fully saturated rings. The van der Waals surface area contributed by atoms with Crippen LogP contribution in [0.15, 0.2) is 48.5 Å². The van der Waals surface area contributed by atoms with Gasteiger partial charge in [0.2, 0.25) is 0 Å². The van der Waals surface area contributed by atoms with Gasteiger partial charge in [0.15, 0.2) is 6.17 Å². The van der Waals surface area contributed by atoms with Gasteiger partial charge in [-0.3, -0.25) is 10.1 Å². The molecule has 0 bridgehead atoms. The van der Waals surface area contributed by atoms with Gasteiger partial charge in [-0.05, 0) is 57.4 Å². The van der Waals surface area contributed by atoms with Gasteiger partial charge in [-0.15, -0.1) is 0 Å². The molecule has 0 radical (unpaired) electrons. The first-order chi connectivity index (χ1) is 15.2. The largest absolute Gasteiger partial charge is 0.347 e. The molecule has 0 aromatic heterocycles. The number of rotatable bonds is 7. The summed E-state index contributed by atoms with van der Waals surface area (Å²) in [7, 11) is 0. The maximum absolute atomic E-state index is 13.6. The second-order valence-corrected chi connectivity index (χ2v) is 8.91. The second-order valence-electron chi connectivity index (χ2n) is 8.91. The van der Waals surface area contributed by atoms with Gasteiger partial charge in [0, 0.05) is 12.2 Å². The summed E-state index contributed by atoms with van der Waals surface area (Å²) in [4.78, 5) is 30.0. The Hall–Kier alpha value is -3.06. The van der Waals surface area contributed by atoms with Crippen molar-refractivity contribution in [2.75, 3.05) is 16.8 Å². The van der Waals surface area contributed by atoms with Crippen LogP contribution in [0.2, 0.25) is 0 Å². The molecule has 172 valence electrons. The zero-order chi connectivity index (χ0) is 23.5. The number of unbranched alkanes of at least 4 members (excludes halogenated alkanes) is 2. The molecular formula is C25H34N4O3. The van der Waals surface area contributed by atoms with Crippen LogP contribution in [0.4, 0.5) is 21.0 Å². The number of hydrogen-bond acceptors (Lipinski definition) is 3. The summed E-state index contributed by atoms with van der Waals surface area (Å²) in [5.41, 5.74) is 2.25. The van der Waals surface area contributed by atoms with Crippen LogP contribution < -0.4 is 10.2 Å². The lowest BCUT2D eigenvalue weighted by molar-refractivity contribution is -0.0949. The topological polar surface area (TPSA) is 76.1 Å². The Morgan fingerprint density at radius 1 is 1.06 bits per heavy atom. The molecule has 1 aliphatic heterocycles. The lowest BCUT2D eigenvalue weighted by Crippen LogP contribution is -2.58. The van der Waals surface area contributed by atoms with Gasteiger partial charge < -0.3 is 10.2 Å². The normalized spacial score (nSPS) is 17.6. The fourth-order valence-corrected chi connectivity index (χ4v) is 4.31. The Labute approximate surface area is 190 Å². The van der Waals surface area contributed by atoms with Crippen LogP contribution in [-0.4, -0.2) is 45.5 Å². The molecule has 4 amide bonds. The van der Waals surface area contributed by atoms with Crippen molar-refractivity contribution in [1.82, 2.24) is 9.96 Å². The molecule has 0 aliphatic carbocycles. The summed E-state index contributed by atoms with van der Waals surface area (Å²) in [5, 5.41) is 14.6. The third-order valence-electron chi connectivity index (χ3n) is 6.20. The van der Waals surface area contributed by atoms with E-state index in [1.165, 1.54) is 0 Å². The van der Waals surface area contributed by atoms with Crippen molar-refractivity contribution in [3.05, 3.63) is 59.7 Å². The van der Waals surface area contributed by atoms with Crippen molar-refractivity contribution in [3.8, 4) is 0 Å². The van der Waals surface area contributed by atoms with Crippen molar-refractivity contribution in [2.45, 2.75) is 65.6 Å². The van der Waals surface area contributed by atoms with E-state index in [0.29, 0.717) is 23.0 Å². The minimum atomic E-state index is -0.901. The van der Waals surface area contributed by atoms with Crippen LogP contribution in [-0.2, 0) is 0 Å². The SMILES string of the molecule is CCCCCN1C(=O)N(c2ccccc2C)[C@@H](N(O)C(=O)Nc2ccccc2C)C1(C)C. The molecule has 3 rings (SSSR count). The van der Waals surface area contributed by atoms with E-state index in [0.717, 1.165) is 30.4 Å². The number of benzene rings is 2. The molecule has 1 aliphatic rings. The lowest BCUT2D eigenvalue weighted by atomic mass is 9.99. The van der Waals surface area contributed by atoms with E-state index in [4.69, 9.17) is 0 Å². The molecule has 1 atom stereocenters. The van der Waals surface area contributed by atoms with Crippen molar-refractivity contribution in [1.29, 1.82) is 0 Å². The summed E-state index contributed by atoms with van der Waals surface area (Å²) >= 11 is 0. The number of nitrogens with zero attached hydrogens (tertiary/aromatic N) is 3. The predicted octanol–water partition coefficient (Wildman–Crippen LogP) is 5.76. The number of anilines is 2. The third-order valence-corrected chi connectivity index (χ3v) is 6.20. The predicted molar refractivity (Wildman–Crippen MR) is 127 cm³/mol. The summed E-state index contributed by atoms with van der Waals surface area (Å²) in [6.45, 7) is 10.3. The smallest absolute Gasteiger partial charge is 0.315 e. The molecule has 0 spiro atoms. The van der Waals surface area contributed by atoms with E-state index in [-0.39, 0.29) is 6.03 Å². The van der Waals surface area contributed by atoms with Gasteiger partial charge in [-0.25, -0.2) is 9.59 Å². The second kappa shape index (κ2) is 9.61. The molecule has 2 aromatic rings. The highest BCUT2D eigenvalue weighted by molar-refractivity contribution is 5.98. The number of carbonyl (C=O) groups is 2. The van der Waals surface area contributed by atoms with Crippen LogP contribution in [0.5, 0.6) is 0 Å². The quantitative estimate of drug-likeness (QED) is 0.328. The Morgan fingerprint density at radius 2 is 1.69 bits per heavy atom. The van der Waals surface area contributed by atoms with Crippen molar-refractivity contribution < 1.29 is 14.8 Å². The van der Waals surface area contributed by atoms with Gasteiger partial charge in [0.25, 0.3) is 0 Å². The Kier molecular flexibility index (Phi) is 7.09. The summed E-state index contributed by atoms with van der Waals surface area (Å²) in [6.07, 6.45) is 2.01. The first-order valence-electron chi connectivity index (χ1n) is 11.2. The number of hydrogen-bond donors (Lipinski definition) is 2. The first kappa shape index (κ1) is 23.6. The van der Waals surface area contributed by atoms with Gasteiger partial charge >= 0.3 is 12.1 Å². The van der Waals surface area contributed by atoms with Crippen molar-refractivity contribution in [3.63, 3.8) is 0 Å². The average Bonchev–Trinajstić information content (AvgIpc) is 2.95. The van der Waals surface area contributed by atoms with E-state index < -0.39 is 17.7 Å². The van der Waals surface area contributed by atoms with Crippen LogP contribution in [0.3, 0.4) is 0 Å². The fraction of sp³-hybridized carbons (Fsp3) is 0.440. The first-order valence-corrected chi connectivity index (χ1v) is 11.2. The molecule has 1 heterocycles. The molecule has 7 heteroatoms. The van der Waals surface area contributed by atoms with Gasteiger partial charge in [0.1, 0.15) is 0 Å². The molecule has 0 unspecified atom stereocenters. The number of aryl methyl sites for hydroxylation is 2. The zero-order valence-corrected chi connectivity index (χ0v) is 19.6. The Morgan fingerprint density at radius 3 is 2.31 bits per heavy atom. The Bertz CT molecular complexity index is 975. The standard InChI is InChI=1S/C25H34N4O3/c1-6-7-12-17-27-24(31)28(21-16-11-9-14-19(21)3)22(25(27,4)5)29(32)23(30)26-20-15-10-8-13-18(20)2/h8-11,13-16,22,32H,6-7,12,17H2,1-5H3,(H,26,30)/t22-/m0/s1. The highest BCUT2D eigenvalue weighted by Crippen LogP contribution is 2.39. The van der Waals surface area contributed by atoms with E-state index in [2.05, 4.69) is 12.2 Å². The van der Waals surface area contributed by atoms with Gasteiger partial charge in [-0.1, -0.05) is 56.2 Å². The summed E-state index contributed by atoms with van der Waals surface area (Å²) in [5.74, 6) is 0. The third kappa shape index (κ3) is 4.43. The molecule has 0 saturated carbocycles. The highest BCUT2D eigenvalue weighted by atomic mass is 16.5. The van der Waals surface area contributed by atoms with Crippen molar-refractivity contribution in [2.24, 2.45) is 0 Å². The number of urea groups is 2. The van der Waals surface area contributed by atoms with Crippen molar-refractivity contribution >= 4 is 23.4 Å². The minimum Gasteiger partial charge on any atom is -0.315 e. The van der Waals surface area contributed by atoms with Crippen LogP contribution in [0.25, 0.3) is 0 Å². The van der Waals surface area contributed by atoms with E-state index in [9.17, 15) is 14.8 Å². The molecular weight excluding hydrogens is 404 g/mol. The van der Waals surface area contributed by atoms with Crippen LogP contribution in [0, 0.1) is 13.8 Å². The molecule has 2 N–H and O–H groups in total. The average molecular weight is 439 g/mol. The molecule has 2 aromatic carbocycles. The fourth-order valence-electron chi connectivity index (χ4n) is 4.31. The number of hydroxylamine groups is 2. The van der Waals surface area contributed by atoms with Gasteiger partial charge in [0.05, 0.1) is 11.2 Å². The number of carbonyl (C=O) groups excluding carboxylic acids is 2. The zero-order valence-electron chi connectivity index (χ0n) is 19.6. The maximum atomic E-state index is 13.6. The summed E-state index contributed by atoms with van der Waals surface area (Å²) < 4.78 is 0.